The Balaban J connectivity index is 2.16. The first-order valence-electron chi connectivity index (χ1n) is 5.46. The van der Waals surface area contributed by atoms with E-state index >= 15 is 0 Å². The molecule has 1 fully saturated rings. The lowest BCUT2D eigenvalue weighted by Gasteiger charge is -2.30. The van der Waals surface area contributed by atoms with Crippen LogP contribution >= 0.6 is 0 Å². The van der Waals surface area contributed by atoms with Crippen LogP contribution in [0.3, 0.4) is 0 Å². The van der Waals surface area contributed by atoms with Crippen LogP contribution in [0.1, 0.15) is 39.0 Å². The lowest BCUT2D eigenvalue weighted by molar-refractivity contribution is 0.0950. The summed E-state index contributed by atoms with van der Waals surface area (Å²) in [7, 11) is 3.85. The van der Waals surface area contributed by atoms with E-state index in [2.05, 4.69) is 19.3 Å². The minimum absolute atomic E-state index is 0.387. The second kappa shape index (κ2) is 5.61. The molecule has 0 bridgehead atoms. The molecule has 0 radical (unpaired) electrons. The third kappa shape index (κ3) is 3.65. The molecule has 0 saturated heterocycles. The fourth-order valence-electron chi connectivity index (χ4n) is 1.96. The highest BCUT2D eigenvalue weighted by atomic mass is 16.5. The Morgan fingerprint density at radius 3 is 2.54 bits per heavy atom. The summed E-state index contributed by atoms with van der Waals surface area (Å²) in [5.41, 5.74) is 0. The molecule has 2 unspecified atom stereocenters. The molecule has 0 aromatic carbocycles. The zero-order valence-corrected chi connectivity index (χ0v) is 9.18. The summed E-state index contributed by atoms with van der Waals surface area (Å²) in [6.07, 6.45) is 7.20. The molecule has 1 aliphatic carbocycles. The van der Waals surface area contributed by atoms with Gasteiger partial charge in [-0.1, -0.05) is 19.3 Å². The highest BCUT2D eigenvalue weighted by Crippen LogP contribution is 2.31. The summed E-state index contributed by atoms with van der Waals surface area (Å²) < 4.78 is 5.28. The SMILES string of the molecule is CNC(CC1CCC1)CC(C)OC. The molecule has 0 amide bonds. The van der Waals surface area contributed by atoms with Crippen molar-refractivity contribution in [1.29, 1.82) is 0 Å². The fraction of sp³-hybridized carbons (Fsp3) is 1.00. The molecule has 1 N–H and O–H groups in total. The van der Waals surface area contributed by atoms with Gasteiger partial charge in [-0.25, -0.2) is 0 Å². The molecular weight excluding hydrogens is 162 g/mol. The molecule has 1 rings (SSSR count). The third-order valence-corrected chi connectivity index (χ3v) is 3.27. The van der Waals surface area contributed by atoms with Gasteiger partial charge in [0.2, 0.25) is 0 Å². The predicted molar refractivity (Wildman–Crippen MR) is 55.9 cm³/mol. The van der Waals surface area contributed by atoms with Gasteiger partial charge in [-0.2, -0.15) is 0 Å². The number of ether oxygens (including phenoxy) is 1. The summed E-state index contributed by atoms with van der Waals surface area (Å²) in [4.78, 5) is 0. The molecule has 0 spiro atoms. The zero-order chi connectivity index (χ0) is 9.68. The van der Waals surface area contributed by atoms with Gasteiger partial charge in [-0.05, 0) is 32.7 Å². The van der Waals surface area contributed by atoms with Crippen molar-refractivity contribution >= 4 is 0 Å². The Bertz CT molecular complexity index is 127. The van der Waals surface area contributed by atoms with E-state index in [4.69, 9.17) is 4.74 Å². The van der Waals surface area contributed by atoms with E-state index in [0.29, 0.717) is 12.1 Å². The van der Waals surface area contributed by atoms with Crippen molar-refractivity contribution in [3.8, 4) is 0 Å². The van der Waals surface area contributed by atoms with Gasteiger partial charge in [0.05, 0.1) is 6.10 Å². The lowest BCUT2D eigenvalue weighted by Crippen LogP contribution is -2.33. The van der Waals surface area contributed by atoms with E-state index in [1.165, 1.54) is 25.7 Å². The van der Waals surface area contributed by atoms with E-state index in [-0.39, 0.29) is 0 Å². The molecule has 0 aromatic heterocycles. The quantitative estimate of drug-likeness (QED) is 0.685. The molecule has 0 aliphatic heterocycles. The van der Waals surface area contributed by atoms with Crippen LogP contribution in [-0.4, -0.2) is 26.3 Å². The first-order valence-corrected chi connectivity index (χ1v) is 5.46. The molecule has 2 atom stereocenters. The molecule has 1 saturated carbocycles. The van der Waals surface area contributed by atoms with E-state index in [1.807, 2.05) is 0 Å². The Labute approximate surface area is 82.0 Å². The summed E-state index contributed by atoms with van der Waals surface area (Å²) in [5, 5.41) is 3.39. The normalized spacial score (nSPS) is 22.4. The van der Waals surface area contributed by atoms with Gasteiger partial charge in [0.1, 0.15) is 0 Å². The molecule has 13 heavy (non-hydrogen) atoms. The largest absolute Gasteiger partial charge is 0.382 e. The monoisotopic (exact) mass is 185 g/mol. The van der Waals surface area contributed by atoms with Crippen LogP contribution in [0.4, 0.5) is 0 Å². The highest BCUT2D eigenvalue weighted by molar-refractivity contribution is 4.77. The summed E-state index contributed by atoms with van der Waals surface area (Å²) in [6.45, 7) is 2.14. The van der Waals surface area contributed by atoms with Crippen LogP contribution in [0.15, 0.2) is 0 Å². The van der Waals surface area contributed by atoms with Crippen LogP contribution in [0.2, 0.25) is 0 Å². The van der Waals surface area contributed by atoms with Gasteiger partial charge in [0.15, 0.2) is 0 Å². The Morgan fingerprint density at radius 1 is 1.46 bits per heavy atom. The predicted octanol–water partition coefficient (Wildman–Crippen LogP) is 2.19. The van der Waals surface area contributed by atoms with Gasteiger partial charge in [-0.3, -0.25) is 0 Å². The number of hydrogen-bond acceptors (Lipinski definition) is 2. The number of methoxy groups -OCH3 is 1. The van der Waals surface area contributed by atoms with Gasteiger partial charge in [0.25, 0.3) is 0 Å². The van der Waals surface area contributed by atoms with Crippen molar-refractivity contribution in [2.24, 2.45) is 5.92 Å². The van der Waals surface area contributed by atoms with Crippen molar-refractivity contribution in [3.05, 3.63) is 0 Å². The van der Waals surface area contributed by atoms with Crippen molar-refractivity contribution < 1.29 is 4.74 Å². The Morgan fingerprint density at radius 2 is 2.15 bits per heavy atom. The van der Waals surface area contributed by atoms with Crippen LogP contribution < -0.4 is 5.32 Å². The van der Waals surface area contributed by atoms with Crippen molar-refractivity contribution in [2.75, 3.05) is 14.2 Å². The van der Waals surface area contributed by atoms with E-state index in [9.17, 15) is 0 Å². The molecular formula is C11H23NO. The average Bonchev–Trinajstić information content (AvgIpc) is 2.08. The van der Waals surface area contributed by atoms with E-state index in [1.54, 1.807) is 7.11 Å². The molecule has 2 nitrogen and oxygen atoms in total. The van der Waals surface area contributed by atoms with Crippen LogP contribution in [0.25, 0.3) is 0 Å². The van der Waals surface area contributed by atoms with Crippen molar-refractivity contribution in [3.63, 3.8) is 0 Å². The standard InChI is InChI=1S/C11H23NO/c1-9(13-3)7-11(12-2)8-10-5-4-6-10/h9-12H,4-8H2,1-3H3. The zero-order valence-electron chi connectivity index (χ0n) is 9.18. The first-order chi connectivity index (χ1) is 6.26. The maximum atomic E-state index is 5.28. The fourth-order valence-corrected chi connectivity index (χ4v) is 1.96. The maximum absolute atomic E-state index is 5.28. The number of rotatable bonds is 6. The Kier molecular flexibility index (Phi) is 4.74. The topological polar surface area (TPSA) is 21.3 Å². The maximum Gasteiger partial charge on any atom is 0.0558 e. The van der Waals surface area contributed by atoms with Crippen LogP contribution in [0, 0.1) is 5.92 Å². The van der Waals surface area contributed by atoms with Gasteiger partial charge >= 0.3 is 0 Å². The van der Waals surface area contributed by atoms with Crippen LogP contribution in [0.5, 0.6) is 0 Å². The molecule has 78 valence electrons. The number of nitrogens with one attached hydrogen (secondary N) is 1. The second-order valence-corrected chi connectivity index (χ2v) is 4.30. The van der Waals surface area contributed by atoms with Gasteiger partial charge in [0, 0.05) is 13.2 Å². The summed E-state index contributed by atoms with van der Waals surface area (Å²) >= 11 is 0. The van der Waals surface area contributed by atoms with Crippen molar-refractivity contribution in [2.45, 2.75) is 51.2 Å². The second-order valence-electron chi connectivity index (χ2n) is 4.30. The van der Waals surface area contributed by atoms with E-state index in [0.717, 1.165) is 12.3 Å². The lowest BCUT2D eigenvalue weighted by atomic mass is 9.80. The highest BCUT2D eigenvalue weighted by Gasteiger charge is 2.22. The summed E-state index contributed by atoms with van der Waals surface area (Å²) in [5.74, 6) is 0.988. The molecule has 0 aromatic rings. The average molecular weight is 185 g/mol. The minimum Gasteiger partial charge on any atom is -0.382 e. The minimum atomic E-state index is 0.387. The van der Waals surface area contributed by atoms with Crippen molar-refractivity contribution in [1.82, 2.24) is 5.32 Å². The Hall–Kier alpha value is -0.0800. The van der Waals surface area contributed by atoms with Gasteiger partial charge < -0.3 is 10.1 Å². The van der Waals surface area contributed by atoms with Crippen LogP contribution in [-0.2, 0) is 4.74 Å². The van der Waals surface area contributed by atoms with Gasteiger partial charge in [-0.15, -0.1) is 0 Å². The smallest absolute Gasteiger partial charge is 0.0558 e. The molecule has 2 heteroatoms. The molecule has 1 aliphatic rings. The van der Waals surface area contributed by atoms with E-state index < -0.39 is 0 Å². The number of hydrogen-bond donors (Lipinski definition) is 1. The first kappa shape index (κ1) is 11.0. The molecule has 0 heterocycles. The summed E-state index contributed by atoms with van der Waals surface area (Å²) in [6, 6.07) is 0.653. The third-order valence-electron chi connectivity index (χ3n) is 3.27.